The topological polar surface area (TPSA) is 54.3 Å². The first-order valence-corrected chi connectivity index (χ1v) is 13.6. The van der Waals surface area contributed by atoms with Gasteiger partial charge in [0.25, 0.3) is 0 Å². The first-order chi connectivity index (χ1) is 18.2. The van der Waals surface area contributed by atoms with Crippen molar-refractivity contribution in [3.63, 3.8) is 0 Å². The van der Waals surface area contributed by atoms with E-state index in [-0.39, 0.29) is 11.7 Å². The molecule has 1 saturated heterocycles. The van der Waals surface area contributed by atoms with E-state index in [1.807, 2.05) is 52.3 Å². The number of halogens is 1. The lowest BCUT2D eigenvalue weighted by atomic mass is 10.1. The van der Waals surface area contributed by atoms with Crippen molar-refractivity contribution in [1.29, 1.82) is 0 Å². The van der Waals surface area contributed by atoms with Gasteiger partial charge in [0, 0.05) is 50.5 Å². The average molecular weight is 516 g/mol. The van der Waals surface area contributed by atoms with Crippen molar-refractivity contribution in [3.05, 3.63) is 102 Å². The van der Waals surface area contributed by atoms with Crippen LogP contribution in [0, 0.1) is 5.82 Å². The van der Waals surface area contributed by atoms with E-state index < -0.39 is 0 Å². The Balaban J connectivity index is 1.15. The Bertz CT molecular complexity index is 1310. The number of amides is 1. The van der Waals surface area contributed by atoms with Gasteiger partial charge in [0.15, 0.2) is 5.16 Å². The molecule has 1 amide bonds. The molecule has 5 rings (SSSR count). The highest BCUT2D eigenvalue weighted by Crippen LogP contribution is 2.25. The fourth-order valence-corrected chi connectivity index (χ4v) is 5.48. The highest BCUT2D eigenvalue weighted by Gasteiger charge is 2.22. The van der Waals surface area contributed by atoms with Crippen LogP contribution >= 0.6 is 11.8 Å². The van der Waals surface area contributed by atoms with Crippen molar-refractivity contribution in [1.82, 2.24) is 19.7 Å². The van der Waals surface area contributed by atoms with E-state index in [0.29, 0.717) is 44.7 Å². The van der Waals surface area contributed by atoms with Crippen LogP contribution < -0.4 is 4.90 Å². The summed E-state index contributed by atoms with van der Waals surface area (Å²) in [4.78, 5) is 16.7. The predicted octanol–water partition coefficient (Wildman–Crippen LogP) is 5.22. The summed E-state index contributed by atoms with van der Waals surface area (Å²) in [7, 11) is 0. The molecule has 1 fully saturated rings. The molecular formula is C29H30FN5OS. The van der Waals surface area contributed by atoms with Gasteiger partial charge in [-0.15, -0.1) is 10.2 Å². The van der Waals surface area contributed by atoms with Crippen LogP contribution in [0.25, 0.3) is 5.69 Å². The predicted molar refractivity (Wildman–Crippen MR) is 146 cm³/mol. The van der Waals surface area contributed by atoms with E-state index in [1.54, 1.807) is 23.9 Å². The first-order valence-electron chi connectivity index (χ1n) is 12.6. The maximum atomic E-state index is 14.1. The Labute approximate surface area is 221 Å². The van der Waals surface area contributed by atoms with Crippen molar-refractivity contribution >= 4 is 23.4 Å². The Hall–Kier alpha value is -3.65. The van der Waals surface area contributed by atoms with E-state index in [0.717, 1.165) is 28.8 Å². The second kappa shape index (κ2) is 12.1. The third-order valence-corrected chi connectivity index (χ3v) is 7.53. The van der Waals surface area contributed by atoms with E-state index in [1.165, 1.54) is 11.6 Å². The van der Waals surface area contributed by atoms with Crippen LogP contribution in [0.4, 0.5) is 10.1 Å². The van der Waals surface area contributed by atoms with Crippen LogP contribution in [0.1, 0.15) is 24.2 Å². The highest BCUT2D eigenvalue weighted by atomic mass is 32.2. The van der Waals surface area contributed by atoms with Crippen LogP contribution in [-0.4, -0.2) is 57.5 Å². The molecule has 4 aromatic rings. The SMILES string of the molecule is O=C(CCCSc1nnc(Cc2ccccc2)n1-c1ccccc1)N1CCN(c2ccccc2F)CC1. The monoisotopic (exact) mass is 515 g/mol. The van der Waals surface area contributed by atoms with Crippen molar-refractivity contribution in [2.24, 2.45) is 0 Å². The van der Waals surface area contributed by atoms with Crippen LogP contribution in [-0.2, 0) is 11.2 Å². The number of para-hydroxylation sites is 2. The smallest absolute Gasteiger partial charge is 0.222 e. The van der Waals surface area contributed by atoms with Gasteiger partial charge in [0.05, 0.1) is 5.69 Å². The lowest BCUT2D eigenvalue weighted by Crippen LogP contribution is -2.49. The summed E-state index contributed by atoms with van der Waals surface area (Å²) in [5.74, 6) is 1.61. The van der Waals surface area contributed by atoms with Gasteiger partial charge in [0.1, 0.15) is 11.6 Å². The molecule has 0 spiro atoms. The van der Waals surface area contributed by atoms with Gasteiger partial charge in [0.2, 0.25) is 5.91 Å². The summed E-state index contributed by atoms with van der Waals surface area (Å²) in [6.45, 7) is 2.52. The van der Waals surface area contributed by atoms with Crippen LogP contribution in [0.2, 0.25) is 0 Å². The minimum atomic E-state index is -0.213. The molecule has 0 aliphatic carbocycles. The maximum absolute atomic E-state index is 14.1. The van der Waals surface area contributed by atoms with E-state index in [2.05, 4.69) is 39.0 Å². The molecule has 1 aliphatic heterocycles. The molecule has 0 saturated carbocycles. The Morgan fingerprint density at radius 1 is 0.838 bits per heavy atom. The van der Waals surface area contributed by atoms with E-state index >= 15 is 0 Å². The summed E-state index contributed by atoms with van der Waals surface area (Å²) >= 11 is 1.63. The molecule has 1 aromatic heterocycles. The number of anilines is 1. The minimum Gasteiger partial charge on any atom is -0.366 e. The zero-order valence-electron chi connectivity index (χ0n) is 20.7. The van der Waals surface area contributed by atoms with E-state index in [9.17, 15) is 9.18 Å². The van der Waals surface area contributed by atoms with Crippen LogP contribution in [0.5, 0.6) is 0 Å². The van der Waals surface area contributed by atoms with Crippen molar-refractivity contribution in [3.8, 4) is 5.69 Å². The third-order valence-electron chi connectivity index (χ3n) is 6.51. The molecule has 190 valence electrons. The van der Waals surface area contributed by atoms with Gasteiger partial charge >= 0.3 is 0 Å². The maximum Gasteiger partial charge on any atom is 0.222 e. The molecule has 0 unspecified atom stereocenters. The average Bonchev–Trinajstić information content (AvgIpc) is 3.34. The molecule has 0 radical (unpaired) electrons. The minimum absolute atomic E-state index is 0.156. The second-order valence-electron chi connectivity index (χ2n) is 9.00. The van der Waals surface area contributed by atoms with Crippen LogP contribution in [0.15, 0.2) is 90.1 Å². The number of carbonyl (C=O) groups is 1. The molecule has 6 nitrogen and oxygen atoms in total. The van der Waals surface area contributed by atoms with Gasteiger partial charge in [-0.3, -0.25) is 9.36 Å². The third kappa shape index (κ3) is 6.20. The number of hydrogen-bond donors (Lipinski definition) is 0. The van der Waals surface area contributed by atoms with Crippen LogP contribution in [0.3, 0.4) is 0 Å². The Morgan fingerprint density at radius 2 is 1.51 bits per heavy atom. The summed E-state index contributed by atoms with van der Waals surface area (Å²) in [6, 6.07) is 27.2. The summed E-state index contributed by atoms with van der Waals surface area (Å²) in [6.07, 6.45) is 1.94. The highest BCUT2D eigenvalue weighted by molar-refractivity contribution is 7.99. The summed E-state index contributed by atoms with van der Waals surface area (Å²) in [5, 5.41) is 9.82. The second-order valence-corrected chi connectivity index (χ2v) is 10.1. The largest absolute Gasteiger partial charge is 0.366 e. The van der Waals surface area contributed by atoms with Crippen molar-refractivity contribution in [2.45, 2.75) is 24.4 Å². The Kier molecular flexibility index (Phi) is 8.15. The van der Waals surface area contributed by atoms with Gasteiger partial charge in [-0.1, -0.05) is 72.4 Å². The molecule has 2 heterocycles. The lowest BCUT2D eigenvalue weighted by molar-refractivity contribution is -0.131. The zero-order chi connectivity index (χ0) is 25.5. The molecule has 37 heavy (non-hydrogen) atoms. The van der Waals surface area contributed by atoms with Crippen molar-refractivity contribution in [2.75, 3.05) is 36.8 Å². The number of benzene rings is 3. The van der Waals surface area contributed by atoms with Gasteiger partial charge in [-0.05, 0) is 36.2 Å². The molecule has 0 N–H and O–H groups in total. The van der Waals surface area contributed by atoms with E-state index in [4.69, 9.17) is 0 Å². The fourth-order valence-electron chi connectivity index (χ4n) is 4.57. The molecular weight excluding hydrogens is 485 g/mol. The summed E-state index contributed by atoms with van der Waals surface area (Å²) in [5.41, 5.74) is 2.83. The molecule has 3 aromatic carbocycles. The Morgan fingerprint density at radius 3 is 2.24 bits per heavy atom. The number of carbonyl (C=O) groups excluding carboxylic acids is 1. The van der Waals surface area contributed by atoms with Gasteiger partial charge in [-0.2, -0.15) is 0 Å². The fraction of sp³-hybridized carbons (Fsp3) is 0.276. The quantitative estimate of drug-likeness (QED) is 0.226. The summed E-state index contributed by atoms with van der Waals surface area (Å²) < 4.78 is 16.2. The number of piperazine rings is 1. The molecule has 8 heteroatoms. The normalized spacial score (nSPS) is 13.6. The standard InChI is InChI=1S/C29H30FN5OS/c30-25-14-7-8-15-26(25)33-17-19-34(20-18-33)28(36)16-9-21-37-29-32-31-27(22-23-10-3-1-4-11-23)35(29)24-12-5-2-6-13-24/h1-8,10-15H,9,16-22H2. The number of aromatic nitrogens is 3. The molecule has 0 bridgehead atoms. The van der Waals surface area contributed by atoms with Gasteiger partial charge < -0.3 is 9.80 Å². The number of nitrogens with zero attached hydrogens (tertiary/aromatic N) is 5. The zero-order valence-corrected chi connectivity index (χ0v) is 21.5. The lowest BCUT2D eigenvalue weighted by Gasteiger charge is -2.36. The van der Waals surface area contributed by atoms with Crippen molar-refractivity contribution < 1.29 is 9.18 Å². The number of thioether (sulfide) groups is 1. The number of hydrogen-bond acceptors (Lipinski definition) is 5. The first kappa shape index (κ1) is 25.0. The molecule has 0 atom stereocenters. The molecule has 1 aliphatic rings. The number of rotatable bonds is 9. The van der Waals surface area contributed by atoms with Gasteiger partial charge in [-0.25, -0.2) is 4.39 Å².